The van der Waals surface area contributed by atoms with Crippen molar-refractivity contribution in [3.63, 3.8) is 0 Å². The van der Waals surface area contributed by atoms with E-state index in [2.05, 4.69) is 99.8 Å². The van der Waals surface area contributed by atoms with Crippen LogP contribution in [0.2, 0.25) is 0 Å². The molecule has 2 nitrogen and oxygen atoms in total. The molecule has 0 unspecified atom stereocenters. The van der Waals surface area contributed by atoms with E-state index in [1.54, 1.807) is 0 Å². The van der Waals surface area contributed by atoms with E-state index in [0.29, 0.717) is 12.2 Å². The number of halogens is 2. The van der Waals surface area contributed by atoms with Crippen molar-refractivity contribution in [2.75, 3.05) is 0 Å². The van der Waals surface area contributed by atoms with Crippen LogP contribution in [0.25, 0.3) is 22.4 Å². The molecular formula is C26H17I2NO. The Morgan fingerprint density at radius 3 is 2.37 bits per heavy atom. The number of allylic oxidation sites excluding steroid dienone is 1. The quantitative estimate of drug-likeness (QED) is 0.131. The summed E-state index contributed by atoms with van der Waals surface area (Å²) in [5, 5.41) is 12.0. The Morgan fingerprint density at radius 1 is 0.867 bits per heavy atom. The minimum Gasteiger partial charge on any atom is -0.488 e. The normalized spacial score (nSPS) is 11.3. The molecule has 4 rings (SSSR count). The minimum absolute atomic E-state index is 0.530. The lowest BCUT2D eigenvalue weighted by Gasteiger charge is -2.09. The van der Waals surface area contributed by atoms with Gasteiger partial charge >= 0.3 is 0 Å². The van der Waals surface area contributed by atoms with Crippen molar-refractivity contribution in [2.45, 2.75) is 6.61 Å². The monoisotopic (exact) mass is 613 g/mol. The van der Waals surface area contributed by atoms with Crippen molar-refractivity contribution in [1.82, 2.24) is 0 Å². The zero-order valence-electron chi connectivity index (χ0n) is 16.0. The lowest BCUT2D eigenvalue weighted by molar-refractivity contribution is 0.304. The van der Waals surface area contributed by atoms with E-state index in [4.69, 9.17) is 4.74 Å². The summed E-state index contributed by atoms with van der Waals surface area (Å²) >= 11 is 4.58. The summed E-state index contributed by atoms with van der Waals surface area (Å²) in [6.07, 6.45) is 1.93. The fraction of sp³-hybridized carbons (Fsp3) is 0.0385. The first-order chi connectivity index (χ1) is 14.6. The molecule has 0 N–H and O–H groups in total. The number of fused-ring (bicyclic) bond motifs is 1. The summed E-state index contributed by atoms with van der Waals surface area (Å²) in [6, 6.07) is 31.0. The lowest BCUT2D eigenvalue weighted by atomic mass is 10.0. The highest BCUT2D eigenvalue weighted by atomic mass is 127. The molecule has 146 valence electrons. The maximum atomic E-state index is 9.72. The maximum absolute atomic E-state index is 9.72. The highest BCUT2D eigenvalue weighted by molar-refractivity contribution is 14.1. The van der Waals surface area contributed by atoms with E-state index in [-0.39, 0.29) is 0 Å². The first-order valence-corrected chi connectivity index (χ1v) is 11.6. The van der Waals surface area contributed by atoms with Gasteiger partial charge in [-0.05, 0) is 109 Å². The van der Waals surface area contributed by atoms with Crippen LogP contribution < -0.4 is 4.74 Å². The average molecular weight is 613 g/mol. The molecule has 0 saturated carbocycles. The first kappa shape index (κ1) is 20.9. The molecular weight excluding hydrogens is 596 g/mol. The number of benzene rings is 4. The molecule has 0 aliphatic heterocycles. The maximum Gasteiger partial charge on any atom is 0.133 e. The van der Waals surface area contributed by atoms with Gasteiger partial charge in [-0.15, -0.1) is 0 Å². The van der Waals surface area contributed by atoms with Crippen molar-refractivity contribution < 1.29 is 4.74 Å². The van der Waals surface area contributed by atoms with Crippen LogP contribution in [0.15, 0.2) is 84.9 Å². The summed E-state index contributed by atoms with van der Waals surface area (Å²) in [5.74, 6) is 0.843. The molecule has 4 aromatic rings. The van der Waals surface area contributed by atoms with Gasteiger partial charge in [0.05, 0.1) is 15.2 Å². The zero-order chi connectivity index (χ0) is 20.9. The Kier molecular flexibility index (Phi) is 6.70. The molecule has 0 aliphatic carbocycles. The van der Waals surface area contributed by atoms with Gasteiger partial charge in [0.2, 0.25) is 0 Å². The third kappa shape index (κ3) is 5.02. The van der Waals surface area contributed by atoms with Gasteiger partial charge in [0.25, 0.3) is 0 Å². The summed E-state index contributed by atoms with van der Waals surface area (Å²) in [6.45, 7) is 0.530. The standard InChI is InChI=1S/C26H17I2NO/c27-24-10-5-18(6-11-24)17-30-26-12-7-19(14-25(26)28)13-23(16-29)22-9-8-20-3-1-2-4-21(20)15-22/h1-15H,17H2/b23-13-. The van der Waals surface area contributed by atoms with Gasteiger partial charge in [0, 0.05) is 3.57 Å². The van der Waals surface area contributed by atoms with E-state index < -0.39 is 0 Å². The van der Waals surface area contributed by atoms with E-state index >= 15 is 0 Å². The van der Waals surface area contributed by atoms with Crippen LogP contribution in [0.5, 0.6) is 5.75 Å². The van der Waals surface area contributed by atoms with Crippen LogP contribution in [0.1, 0.15) is 16.7 Å². The predicted molar refractivity (Wildman–Crippen MR) is 140 cm³/mol. The zero-order valence-corrected chi connectivity index (χ0v) is 20.3. The Bertz CT molecular complexity index is 1270. The van der Waals surface area contributed by atoms with Gasteiger partial charge in [-0.25, -0.2) is 0 Å². The van der Waals surface area contributed by atoms with Crippen LogP contribution >= 0.6 is 45.2 Å². The number of rotatable bonds is 5. The van der Waals surface area contributed by atoms with Crippen LogP contribution in [0, 0.1) is 18.5 Å². The molecule has 0 spiro atoms. The Morgan fingerprint density at radius 2 is 1.63 bits per heavy atom. The molecule has 4 heteroatoms. The van der Waals surface area contributed by atoms with Crippen molar-refractivity contribution in [1.29, 1.82) is 5.26 Å². The summed E-state index contributed by atoms with van der Waals surface area (Å²) in [7, 11) is 0. The molecule has 4 aromatic carbocycles. The molecule has 0 amide bonds. The second-order valence-electron chi connectivity index (χ2n) is 6.84. The van der Waals surface area contributed by atoms with Gasteiger partial charge in [-0.1, -0.05) is 54.6 Å². The van der Waals surface area contributed by atoms with E-state index in [1.807, 2.05) is 42.5 Å². The van der Waals surface area contributed by atoms with Crippen molar-refractivity contribution in [3.8, 4) is 11.8 Å². The minimum atomic E-state index is 0.530. The summed E-state index contributed by atoms with van der Waals surface area (Å²) < 4.78 is 8.21. The molecule has 0 atom stereocenters. The third-order valence-corrected chi connectivity index (χ3v) is 6.32. The summed E-state index contributed by atoms with van der Waals surface area (Å²) in [4.78, 5) is 0. The van der Waals surface area contributed by atoms with E-state index in [0.717, 1.165) is 31.4 Å². The predicted octanol–water partition coefficient (Wildman–Crippen LogP) is 7.69. The average Bonchev–Trinajstić information content (AvgIpc) is 2.77. The molecule has 0 heterocycles. The fourth-order valence-electron chi connectivity index (χ4n) is 3.17. The van der Waals surface area contributed by atoms with Gasteiger partial charge < -0.3 is 4.74 Å². The van der Waals surface area contributed by atoms with Crippen molar-refractivity contribution in [3.05, 3.63) is 109 Å². The fourth-order valence-corrected chi connectivity index (χ4v) is 4.22. The van der Waals surface area contributed by atoms with E-state index in [9.17, 15) is 5.26 Å². The smallest absolute Gasteiger partial charge is 0.133 e. The Balaban J connectivity index is 1.55. The van der Waals surface area contributed by atoms with Crippen LogP contribution in [0.4, 0.5) is 0 Å². The van der Waals surface area contributed by atoms with E-state index in [1.165, 1.54) is 8.96 Å². The second-order valence-corrected chi connectivity index (χ2v) is 9.24. The number of nitriles is 1. The highest BCUT2D eigenvalue weighted by Gasteiger charge is 2.06. The molecule has 0 saturated heterocycles. The van der Waals surface area contributed by atoms with Gasteiger partial charge in [-0.3, -0.25) is 0 Å². The van der Waals surface area contributed by atoms with Crippen LogP contribution in [-0.2, 0) is 6.61 Å². The van der Waals surface area contributed by atoms with Gasteiger partial charge in [-0.2, -0.15) is 5.26 Å². The first-order valence-electron chi connectivity index (χ1n) is 9.40. The molecule has 0 radical (unpaired) electrons. The number of ether oxygens (including phenoxy) is 1. The topological polar surface area (TPSA) is 33.0 Å². The third-order valence-electron chi connectivity index (χ3n) is 4.76. The van der Waals surface area contributed by atoms with Crippen molar-refractivity contribution in [2.24, 2.45) is 0 Å². The molecule has 0 fully saturated rings. The van der Waals surface area contributed by atoms with Gasteiger partial charge in [0.15, 0.2) is 0 Å². The molecule has 0 aliphatic rings. The Labute approximate surface area is 203 Å². The van der Waals surface area contributed by atoms with Crippen LogP contribution in [-0.4, -0.2) is 0 Å². The number of hydrogen-bond donors (Lipinski definition) is 0. The SMILES string of the molecule is N#C/C(=C/c1ccc(OCc2ccc(I)cc2)c(I)c1)c1ccc2ccccc2c1. The highest BCUT2D eigenvalue weighted by Crippen LogP contribution is 2.27. The Hall–Kier alpha value is -2.37. The lowest BCUT2D eigenvalue weighted by Crippen LogP contribution is -1.97. The summed E-state index contributed by atoms with van der Waals surface area (Å²) in [5.41, 5.74) is 3.68. The number of hydrogen-bond acceptors (Lipinski definition) is 2. The van der Waals surface area contributed by atoms with Crippen molar-refractivity contribution >= 4 is 67.6 Å². The molecule has 0 bridgehead atoms. The van der Waals surface area contributed by atoms with Crippen LogP contribution in [0.3, 0.4) is 0 Å². The molecule has 0 aromatic heterocycles. The second kappa shape index (κ2) is 9.63. The molecule has 30 heavy (non-hydrogen) atoms. The van der Waals surface area contributed by atoms with Gasteiger partial charge in [0.1, 0.15) is 12.4 Å². The largest absolute Gasteiger partial charge is 0.488 e. The number of nitrogens with zero attached hydrogens (tertiary/aromatic N) is 1.